The minimum atomic E-state index is 0.115. The number of benzene rings is 1. The third-order valence-electron chi connectivity index (χ3n) is 5.45. The minimum absolute atomic E-state index is 0.115. The van der Waals surface area contributed by atoms with Crippen LogP contribution in [0.3, 0.4) is 0 Å². The molecule has 3 aromatic rings. The molecule has 0 bridgehead atoms. The van der Waals surface area contributed by atoms with Crippen molar-refractivity contribution in [2.24, 2.45) is 0 Å². The predicted octanol–water partition coefficient (Wildman–Crippen LogP) is 2.77. The van der Waals surface area contributed by atoms with Gasteiger partial charge in [0.1, 0.15) is 17.7 Å². The van der Waals surface area contributed by atoms with Crippen LogP contribution in [0.2, 0.25) is 0 Å². The molecule has 1 atom stereocenters. The fraction of sp³-hybridized carbons (Fsp3) is 0.429. The first-order chi connectivity index (χ1) is 14.3. The number of hydrogen-bond acceptors (Lipinski definition) is 7. The van der Waals surface area contributed by atoms with E-state index in [0.717, 1.165) is 69.4 Å². The van der Waals surface area contributed by atoms with Gasteiger partial charge in [0, 0.05) is 51.6 Å². The first kappa shape index (κ1) is 18.2. The summed E-state index contributed by atoms with van der Waals surface area (Å²) in [5.41, 5.74) is 1.25. The van der Waals surface area contributed by atoms with Crippen LogP contribution in [0.4, 0.5) is 0 Å². The topological polar surface area (TPSA) is 78.2 Å². The van der Waals surface area contributed by atoms with Crippen LogP contribution in [0.1, 0.15) is 36.2 Å². The molecule has 2 aliphatic rings. The molecule has 29 heavy (non-hydrogen) atoms. The Kier molecular flexibility index (Phi) is 5.19. The van der Waals surface area contributed by atoms with Gasteiger partial charge in [-0.05, 0) is 36.6 Å². The Labute approximate surface area is 169 Å². The average molecular weight is 392 g/mol. The maximum atomic E-state index is 5.82. The van der Waals surface area contributed by atoms with E-state index in [9.17, 15) is 0 Å². The highest BCUT2D eigenvalue weighted by molar-refractivity contribution is 5.29. The van der Waals surface area contributed by atoms with Crippen molar-refractivity contribution in [2.45, 2.75) is 38.5 Å². The van der Waals surface area contributed by atoms with Crippen LogP contribution in [-0.4, -0.2) is 49.3 Å². The summed E-state index contributed by atoms with van der Waals surface area (Å²) in [7, 11) is 0. The van der Waals surface area contributed by atoms with E-state index in [2.05, 4.69) is 41.8 Å². The second kappa shape index (κ2) is 8.26. The average Bonchev–Trinajstić information content (AvgIpc) is 3.38. The molecule has 5 rings (SSSR count). The molecule has 0 radical (unpaired) electrons. The molecule has 0 aliphatic carbocycles. The second-order valence-corrected chi connectivity index (χ2v) is 7.43. The van der Waals surface area contributed by atoms with Gasteiger partial charge in [0.2, 0.25) is 0 Å². The van der Waals surface area contributed by atoms with Gasteiger partial charge in [0.15, 0.2) is 5.82 Å². The van der Waals surface area contributed by atoms with Crippen molar-refractivity contribution in [3.05, 3.63) is 59.9 Å². The lowest BCUT2D eigenvalue weighted by molar-refractivity contribution is 0.101. The molecule has 8 nitrogen and oxygen atoms in total. The second-order valence-electron chi connectivity index (χ2n) is 7.43. The van der Waals surface area contributed by atoms with E-state index in [1.165, 1.54) is 5.56 Å². The normalized spacial score (nSPS) is 19.7. The maximum Gasteiger partial charge on any atom is 0.321 e. The van der Waals surface area contributed by atoms with Gasteiger partial charge in [0.05, 0.1) is 0 Å². The Balaban J connectivity index is 1.20. The lowest BCUT2D eigenvalue weighted by Crippen LogP contribution is -2.26. The fourth-order valence-electron chi connectivity index (χ4n) is 3.93. The van der Waals surface area contributed by atoms with Crippen LogP contribution < -0.4 is 4.74 Å². The van der Waals surface area contributed by atoms with Gasteiger partial charge >= 0.3 is 6.01 Å². The summed E-state index contributed by atoms with van der Waals surface area (Å²) < 4.78 is 13.8. The summed E-state index contributed by atoms with van der Waals surface area (Å²) in [6.45, 7) is 4.58. The van der Waals surface area contributed by atoms with Crippen LogP contribution in [0.25, 0.3) is 0 Å². The van der Waals surface area contributed by atoms with Crippen molar-refractivity contribution in [2.75, 3.05) is 19.7 Å². The van der Waals surface area contributed by atoms with Gasteiger partial charge in [-0.25, -0.2) is 9.97 Å². The highest BCUT2D eigenvalue weighted by Crippen LogP contribution is 2.28. The van der Waals surface area contributed by atoms with Crippen LogP contribution in [0.5, 0.6) is 11.8 Å². The Morgan fingerprint density at radius 1 is 1.03 bits per heavy atom. The Morgan fingerprint density at radius 3 is 2.69 bits per heavy atom. The van der Waals surface area contributed by atoms with Crippen molar-refractivity contribution in [3.8, 4) is 11.8 Å². The van der Waals surface area contributed by atoms with E-state index in [0.29, 0.717) is 6.01 Å². The van der Waals surface area contributed by atoms with Crippen LogP contribution in [0, 0.1) is 0 Å². The van der Waals surface area contributed by atoms with E-state index >= 15 is 0 Å². The van der Waals surface area contributed by atoms with Crippen molar-refractivity contribution >= 4 is 0 Å². The van der Waals surface area contributed by atoms with Gasteiger partial charge in [-0.2, -0.15) is 0 Å². The largest absolute Gasteiger partial charge is 0.424 e. The molecule has 1 unspecified atom stereocenters. The number of rotatable bonds is 5. The van der Waals surface area contributed by atoms with Gasteiger partial charge in [-0.3, -0.25) is 4.90 Å². The molecular weight excluding hydrogens is 368 g/mol. The van der Waals surface area contributed by atoms with E-state index in [4.69, 9.17) is 9.47 Å². The Hall–Kier alpha value is -2.84. The molecule has 1 fully saturated rings. The molecule has 0 saturated carbocycles. The molecule has 0 spiro atoms. The number of nitrogens with zero attached hydrogens (tertiary/aromatic N) is 6. The molecule has 1 saturated heterocycles. The summed E-state index contributed by atoms with van der Waals surface area (Å²) in [5.74, 6) is 2.82. The molecule has 1 aromatic carbocycles. The Bertz CT molecular complexity index is 938. The maximum absolute atomic E-state index is 5.82. The molecule has 0 amide bonds. The third kappa shape index (κ3) is 4.13. The zero-order valence-corrected chi connectivity index (χ0v) is 16.3. The first-order valence-corrected chi connectivity index (χ1v) is 10.1. The fourth-order valence-corrected chi connectivity index (χ4v) is 3.93. The van der Waals surface area contributed by atoms with E-state index < -0.39 is 0 Å². The van der Waals surface area contributed by atoms with Gasteiger partial charge in [-0.1, -0.05) is 12.1 Å². The number of fused-ring (bicyclic) bond motifs is 1. The summed E-state index contributed by atoms with van der Waals surface area (Å²) >= 11 is 0. The summed E-state index contributed by atoms with van der Waals surface area (Å²) in [4.78, 5) is 10.6. The van der Waals surface area contributed by atoms with Crippen LogP contribution >= 0.6 is 0 Å². The lowest BCUT2D eigenvalue weighted by Gasteiger charge is -2.20. The molecule has 2 aliphatic heterocycles. The smallest absolute Gasteiger partial charge is 0.321 e. The van der Waals surface area contributed by atoms with Crippen LogP contribution in [0.15, 0.2) is 42.7 Å². The number of ether oxygens (including phenoxy) is 2. The Morgan fingerprint density at radius 2 is 1.90 bits per heavy atom. The summed E-state index contributed by atoms with van der Waals surface area (Å²) in [6.07, 6.45) is 6.51. The van der Waals surface area contributed by atoms with E-state index in [1.54, 1.807) is 18.5 Å². The highest BCUT2D eigenvalue weighted by Gasteiger charge is 2.26. The zero-order chi connectivity index (χ0) is 19.5. The van der Waals surface area contributed by atoms with Crippen LogP contribution in [-0.2, 0) is 24.2 Å². The minimum Gasteiger partial charge on any atom is -0.424 e. The number of hydrogen-bond donors (Lipinski definition) is 0. The molecule has 4 heterocycles. The highest BCUT2D eigenvalue weighted by atomic mass is 16.5. The standard InChI is InChI=1S/C21H24N6O2/c1-3-18(28-14-1)20-25-24-19-8-11-26(12-13-27(19)20)15-16-4-6-17(7-5-16)29-21-22-9-2-10-23-21/h2,4-7,9-10,18H,1,3,8,11-15H2. The van der Waals surface area contributed by atoms with Crippen molar-refractivity contribution in [1.82, 2.24) is 29.6 Å². The quantitative estimate of drug-likeness (QED) is 0.661. The summed E-state index contributed by atoms with van der Waals surface area (Å²) in [5, 5.41) is 8.85. The molecule has 150 valence electrons. The third-order valence-corrected chi connectivity index (χ3v) is 5.45. The van der Waals surface area contributed by atoms with Gasteiger partial charge in [-0.15, -0.1) is 10.2 Å². The van der Waals surface area contributed by atoms with Crippen molar-refractivity contribution < 1.29 is 9.47 Å². The number of aromatic nitrogens is 5. The lowest BCUT2D eigenvalue weighted by atomic mass is 10.2. The monoisotopic (exact) mass is 392 g/mol. The van der Waals surface area contributed by atoms with Gasteiger partial charge in [0.25, 0.3) is 0 Å². The SMILES string of the molecule is c1cnc(Oc2ccc(CN3CCc4nnc(C5CCCO5)n4CC3)cc2)nc1. The van der Waals surface area contributed by atoms with Gasteiger partial charge < -0.3 is 14.0 Å². The molecular formula is C21H24N6O2. The van der Waals surface area contributed by atoms with E-state index in [-0.39, 0.29) is 6.10 Å². The van der Waals surface area contributed by atoms with E-state index in [1.807, 2.05) is 12.1 Å². The summed E-state index contributed by atoms with van der Waals surface area (Å²) in [6, 6.07) is 10.3. The molecule has 8 heteroatoms. The van der Waals surface area contributed by atoms with Crippen molar-refractivity contribution in [3.63, 3.8) is 0 Å². The molecule has 2 aromatic heterocycles. The molecule has 0 N–H and O–H groups in total. The van der Waals surface area contributed by atoms with Crippen molar-refractivity contribution in [1.29, 1.82) is 0 Å². The predicted molar refractivity (Wildman–Crippen MR) is 105 cm³/mol. The first-order valence-electron chi connectivity index (χ1n) is 10.1. The zero-order valence-electron chi connectivity index (χ0n) is 16.3.